The number of halogens is 1. The van der Waals surface area contributed by atoms with Crippen LogP contribution in [0.4, 0.5) is 0 Å². The summed E-state index contributed by atoms with van der Waals surface area (Å²) in [5.41, 5.74) is 1.56. The Hall–Kier alpha value is -2.38. The summed E-state index contributed by atoms with van der Waals surface area (Å²) in [6.07, 6.45) is 0.921. The number of nitrogens with one attached hydrogen (secondary N) is 2. The number of hydrogen-bond acceptors (Lipinski definition) is 5. The maximum absolute atomic E-state index is 12.5. The highest BCUT2D eigenvalue weighted by Gasteiger charge is 2.13. The van der Waals surface area contributed by atoms with E-state index in [9.17, 15) is 4.79 Å². The molecule has 6 nitrogen and oxygen atoms in total. The van der Waals surface area contributed by atoms with Crippen LogP contribution < -0.4 is 20.3 Å². The Bertz CT molecular complexity index is 986. The summed E-state index contributed by atoms with van der Waals surface area (Å²) < 4.78 is 11.6. The monoisotopic (exact) mass is 431 g/mol. The first kappa shape index (κ1) is 19.4. The molecule has 1 atom stereocenters. The van der Waals surface area contributed by atoms with E-state index in [0.717, 1.165) is 10.9 Å². The van der Waals surface area contributed by atoms with Crippen LogP contribution >= 0.6 is 15.9 Å². The van der Waals surface area contributed by atoms with Crippen LogP contribution in [0.1, 0.15) is 30.8 Å². The molecule has 0 unspecified atom stereocenters. The zero-order valence-electron chi connectivity index (χ0n) is 15.5. The lowest BCUT2D eigenvalue weighted by Gasteiger charge is -2.17. The Morgan fingerprint density at radius 3 is 2.44 bits per heavy atom. The number of methoxy groups -OCH3 is 2. The first-order valence-electron chi connectivity index (χ1n) is 8.69. The van der Waals surface area contributed by atoms with Crippen molar-refractivity contribution in [2.75, 3.05) is 14.2 Å². The summed E-state index contributed by atoms with van der Waals surface area (Å²) in [7, 11) is 3.10. The van der Waals surface area contributed by atoms with Crippen molar-refractivity contribution in [2.24, 2.45) is 0 Å². The van der Waals surface area contributed by atoms with Gasteiger partial charge in [-0.25, -0.2) is 4.98 Å². The fraction of sp³-hybridized carbons (Fsp3) is 0.300. The van der Waals surface area contributed by atoms with Crippen LogP contribution in [-0.2, 0) is 6.54 Å². The summed E-state index contributed by atoms with van der Waals surface area (Å²) in [5.74, 6) is 1.63. The molecule has 1 heterocycles. The molecule has 0 saturated carbocycles. The minimum Gasteiger partial charge on any atom is -0.493 e. The molecule has 0 amide bonds. The fourth-order valence-electron chi connectivity index (χ4n) is 3.01. The molecule has 3 aromatic rings. The van der Waals surface area contributed by atoms with E-state index >= 15 is 0 Å². The highest BCUT2D eigenvalue weighted by Crippen LogP contribution is 2.30. The smallest absolute Gasteiger partial charge is 0.258 e. The molecule has 0 radical (unpaired) electrons. The standard InChI is InChI=1S/C20H22BrN3O3/c1-4-15(12-5-7-13(21)8-6-12)22-11-19-23-16-10-18(27-3)17(26-2)9-14(16)20(25)24-19/h5-10,15,22H,4,11H2,1-3H3,(H,23,24,25)/t15-/m1/s1. The molecule has 0 saturated heterocycles. The van der Waals surface area contributed by atoms with Crippen LogP contribution in [0.5, 0.6) is 11.5 Å². The molecular formula is C20H22BrN3O3. The van der Waals surface area contributed by atoms with Crippen molar-refractivity contribution in [1.29, 1.82) is 0 Å². The van der Waals surface area contributed by atoms with Gasteiger partial charge in [0.05, 0.1) is 31.7 Å². The molecule has 142 valence electrons. The molecule has 27 heavy (non-hydrogen) atoms. The van der Waals surface area contributed by atoms with Crippen LogP contribution in [-0.4, -0.2) is 24.2 Å². The number of nitrogens with zero attached hydrogens (tertiary/aromatic N) is 1. The largest absolute Gasteiger partial charge is 0.493 e. The summed E-state index contributed by atoms with van der Waals surface area (Å²) in [5, 5.41) is 3.93. The van der Waals surface area contributed by atoms with Crippen molar-refractivity contribution in [1.82, 2.24) is 15.3 Å². The van der Waals surface area contributed by atoms with Crippen LogP contribution in [0, 0.1) is 0 Å². The van der Waals surface area contributed by atoms with Gasteiger partial charge in [0, 0.05) is 16.6 Å². The Labute approximate surface area is 166 Å². The van der Waals surface area contributed by atoms with Gasteiger partial charge in [0.15, 0.2) is 11.5 Å². The van der Waals surface area contributed by atoms with Crippen molar-refractivity contribution in [3.8, 4) is 11.5 Å². The van der Waals surface area contributed by atoms with Crippen molar-refractivity contribution >= 4 is 26.8 Å². The molecule has 2 aromatic carbocycles. The van der Waals surface area contributed by atoms with Gasteiger partial charge in [0.1, 0.15) is 5.82 Å². The predicted molar refractivity (Wildman–Crippen MR) is 109 cm³/mol. The SMILES string of the molecule is CC[C@@H](NCc1nc2cc(OC)c(OC)cc2c(=O)[nH]1)c1ccc(Br)cc1. The lowest BCUT2D eigenvalue weighted by Crippen LogP contribution is -2.23. The average Bonchev–Trinajstić information content (AvgIpc) is 2.68. The second kappa shape index (κ2) is 8.54. The van der Waals surface area contributed by atoms with Gasteiger partial charge in [0.2, 0.25) is 0 Å². The number of benzene rings is 2. The van der Waals surface area contributed by atoms with Crippen LogP contribution in [0.3, 0.4) is 0 Å². The Morgan fingerprint density at radius 2 is 1.81 bits per heavy atom. The third kappa shape index (κ3) is 4.31. The fourth-order valence-corrected chi connectivity index (χ4v) is 3.28. The molecule has 7 heteroatoms. The molecular weight excluding hydrogens is 410 g/mol. The Morgan fingerprint density at radius 1 is 1.15 bits per heavy atom. The molecule has 0 aliphatic rings. The normalized spacial score (nSPS) is 12.1. The van der Waals surface area contributed by atoms with E-state index in [4.69, 9.17) is 9.47 Å². The zero-order valence-corrected chi connectivity index (χ0v) is 17.1. The predicted octanol–water partition coefficient (Wildman–Crippen LogP) is 3.94. The molecule has 0 fully saturated rings. The average molecular weight is 432 g/mol. The second-order valence-corrected chi connectivity index (χ2v) is 7.05. The molecule has 0 spiro atoms. The van der Waals surface area contributed by atoms with Gasteiger partial charge >= 0.3 is 0 Å². The van der Waals surface area contributed by atoms with Crippen molar-refractivity contribution < 1.29 is 9.47 Å². The van der Waals surface area contributed by atoms with E-state index in [1.54, 1.807) is 19.2 Å². The summed E-state index contributed by atoms with van der Waals surface area (Å²) in [6.45, 7) is 2.57. The van der Waals surface area contributed by atoms with Gasteiger partial charge in [-0.15, -0.1) is 0 Å². The van der Waals surface area contributed by atoms with Gasteiger partial charge in [-0.3, -0.25) is 4.79 Å². The third-order valence-electron chi connectivity index (χ3n) is 4.46. The molecule has 0 aliphatic carbocycles. The number of rotatable bonds is 7. The third-order valence-corrected chi connectivity index (χ3v) is 4.98. The summed E-state index contributed by atoms with van der Waals surface area (Å²) in [4.78, 5) is 19.9. The van der Waals surface area contributed by atoms with Gasteiger partial charge in [-0.1, -0.05) is 35.0 Å². The van der Waals surface area contributed by atoms with E-state index in [1.165, 1.54) is 12.7 Å². The van der Waals surface area contributed by atoms with E-state index in [2.05, 4.69) is 50.3 Å². The highest BCUT2D eigenvalue weighted by molar-refractivity contribution is 9.10. The summed E-state index contributed by atoms with van der Waals surface area (Å²) >= 11 is 3.46. The van der Waals surface area contributed by atoms with E-state index in [-0.39, 0.29) is 11.6 Å². The maximum atomic E-state index is 12.5. The zero-order chi connectivity index (χ0) is 19.4. The van der Waals surface area contributed by atoms with Crippen LogP contribution in [0.25, 0.3) is 10.9 Å². The number of aromatic nitrogens is 2. The van der Waals surface area contributed by atoms with Crippen molar-refractivity contribution in [3.63, 3.8) is 0 Å². The Balaban J connectivity index is 1.86. The van der Waals surface area contributed by atoms with E-state index in [0.29, 0.717) is 34.8 Å². The topological polar surface area (TPSA) is 76.2 Å². The van der Waals surface area contributed by atoms with E-state index in [1.807, 2.05) is 12.1 Å². The minimum atomic E-state index is -0.200. The lowest BCUT2D eigenvalue weighted by molar-refractivity contribution is 0.355. The lowest BCUT2D eigenvalue weighted by atomic mass is 10.0. The second-order valence-electron chi connectivity index (χ2n) is 6.13. The molecule has 2 N–H and O–H groups in total. The van der Waals surface area contributed by atoms with Gasteiger partial charge in [-0.05, 0) is 30.2 Å². The Kier molecular flexibility index (Phi) is 6.13. The first-order chi connectivity index (χ1) is 13.0. The van der Waals surface area contributed by atoms with E-state index < -0.39 is 0 Å². The first-order valence-corrected chi connectivity index (χ1v) is 9.48. The number of H-pyrrole nitrogens is 1. The number of aromatic amines is 1. The molecule has 0 bridgehead atoms. The number of ether oxygens (including phenoxy) is 2. The van der Waals surface area contributed by atoms with Crippen LogP contribution in [0.15, 0.2) is 45.7 Å². The van der Waals surface area contributed by atoms with Crippen LogP contribution in [0.2, 0.25) is 0 Å². The van der Waals surface area contributed by atoms with Gasteiger partial charge in [-0.2, -0.15) is 0 Å². The van der Waals surface area contributed by atoms with Gasteiger partial charge in [0.25, 0.3) is 5.56 Å². The number of fused-ring (bicyclic) bond motifs is 1. The van der Waals surface area contributed by atoms with Crippen molar-refractivity contribution in [3.05, 3.63) is 62.6 Å². The number of hydrogen-bond donors (Lipinski definition) is 2. The van der Waals surface area contributed by atoms with Crippen molar-refractivity contribution in [2.45, 2.75) is 25.9 Å². The highest BCUT2D eigenvalue weighted by atomic mass is 79.9. The quantitative estimate of drug-likeness (QED) is 0.592. The minimum absolute atomic E-state index is 0.171. The van der Waals surface area contributed by atoms with Gasteiger partial charge < -0.3 is 19.8 Å². The molecule has 3 rings (SSSR count). The molecule has 0 aliphatic heterocycles. The molecule has 1 aromatic heterocycles. The summed E-state index contributed by atoms with van der Waals surface area (Å²) in [6, 6.07) is 11.7. The maximum Gasteiger partial charge on any atom is 0.258 e.